The molecule has 1 saturated heterocycles. The summed E-state index contributed by atoms with van der Waals surface area (Å²) < 4.78 is 31.8. The molecule has 0 radical (unpaired) electrons. The maximum atomic E-state index is 12.6. The molecule has 0 saturated carbocycles. The fraction of sp³-hybridized carbons (Fsp3) is 0.368. The van der Waals surface area contributed by atoms with Crippen LogP contribution in [0.2, 0.25) is 0 Å². The van der Waals surface area contributed by atoms with Gasteiger partial charge < -0.3 is 10.1 Å². The zero-order chi connectivity index (χ0) is 20.1. The van der Waals surface area contributed by atoms with Gasteiger partial charge in [-0.1, -0.05) is 23.9 Å². The van der Waals surface area contributed by atoms with E-state index in [0.29, 0.717) is 31.3 Å². The van der Waals surface area contributed by atoms with Crippen LogP contribution >= 0.6 is 11.8 Å². The second-order valence-corrected chi connectivity index (χ2v) is 9.77. The smallest absolute Gasteiger partial charge is 0.244 e. The number of nitrogens with zero attached hydrogens (tertiary/aromatic N) is 2. The number of ether oxygens (including phenoxy) is 1. The van der Waals surface area contributed by atoms with E-state index in [9.17, 15) is 13.2 Å². The number of benzene rings is 1. The molecule has 9 heteroatoms. The Hall–Kier alpha value is -1.94. The number of aryl methyl sites for hydroxylation is 1. The maximum Gasteiger partial charge on any atom is 0.244 e. The van der Waals surface area contributed by atoms with Crippen molar-refractivity contribution in [1.29, 1.82) is 0 Å². The van der Waals surface area contributed by atoms with E-state index in [0.717, 1.165) is 11.3 Å². The lowest BCUT2D eigenvalue weighted by molar-refractivity contribution is -0.115. The van der Waals surface area contributed by atoms with Gasteiger partial charge in [0.1, 0.15) is 4.90 Å². The summed E-state index contributed by atoms with van der Waals surface area (Å²) in [6, 6.07) is 10.8. The van der Waals surface area contributed by atoms with E-state index >= 15 is 0 Å². The number of anilines is 1. The summed E-state index contributed by atoms with van der Waals surface area (Å²) in [5, 5.41) is 3.09. The first-order valence-electron chi connectivity index (χ1n) is 8.94. The average molecular weight is 422 g/mol. The maximum absolute atomic E-state index is 12.6. The van der Waals surface area contributed by atoms with Crippen LogP contribution in [0.15, 0.2) is 52.5 Å². The van der Waals surface area contributed by atoms with Crippen LogP contribution in [0.3, 0.4) is 0 Å². The quantitative estimate of drug-likeness (QED) is 0.721. The van der Waals surface area contributed by atoms with Crippen molar-refractivity contribution in [2.45, 2.75) is 29.0 Å². The van der Waals surface area contributed by atoms with Crippen LogP contribution in [0, 0.1) is 6.92 Å². The topological polar surface area (TPSA) is 88.6 Å². The number of morpholine rings is 1. The number of hydrogen-bond donors (Lipinski definition) is 1. The molecule has 1 amide bonds. The van der Waals surface area contributed by atoms with Crippen LogP contribution in [-0.2, 0) is 19.6 Å². The Labute approximate surface area is 169 Å². The van der Waals surface area contributed by atoms with Gasteiger partial charge in [0.05, 0.1) is 23.5 Å². The Balaban J connectivity index is 1.62. The van der Waals surface area contributed by atoms with E-state index in [1.165, 1.54) is 28.3 Å². The largest absolute Gasteiger partial charge is 0.379 e. The molecule has 3 rings (SSSR count). The Bertz CT molecular complexity index is 926. The van der Waals surface area contributed by atoms with Crippen LogP contribution in [0.1, 0.15) is 12.5 Å². The molecule has 1 N–H and O–H groups in total. The number of amides is 1. The Morgan fingerprint density at radius 3 is 2.64 bits per heavy atom. The lowest BCUT2D eigenvalue weighted by atomic mass is 10.2. The number of sulfonamides is 1. The van der Waals surface area contributed by atoms with Gasteiger partial charge in [0.15, 0.2) is 0 Å². The van der Waals surface area contributed by atoms with Gasteiger partial charge in [-0.3, -0.25) is 4.79 Å². The molecule has 2 heterocycles. The van der Waals surface area contributed by atoms with Gasteiger partial charge in [0.25, 0.3) is 0 Å². The average Bonchev–Trinajstić information content (AvgIpc) is 2.69. The second-order valence-electron chi connectivity index (χ2n) is 6.47. The minimum absolute atomic E-state index is 0.137. The third kappa shape index (κ3) is 5.11. The lowest BCUT2D eigenvalue weighted by Gasteiger charge is -2.25. The van der Waals surface area contributed by atoms with E-state index in [2.05, 4.69) is 10.3 Å². The van der Waals surface area contributed by atoms with Gasteiger partial charge in [0.2, 0.25) is 15.9 Å². The van der Waals surface area contributed by atoms with Crippen molar-refractivity contribution in [1.82, 2.24) is 9.29 Å². The van der Waals surface area contributed by atoms with Gasteiger partial charge in [-0.05, 0) is 43.7 Å². The first-order chi connectivity index (χ1) is 13.4. The highest BCUT2D eigenvalue weighted by Crippen LogP contribution is 2.24. The summed E-state index contributed by atoms with van der Waals surface area (Å²) in [4.78, 5) is 16.8. The predicted octanol–water partition coefficient (Wildman–Crippen LogP) is 2.53. The fourth-order valence-electron chi connectivity index (χ4n) is 2.73. The van der Waals surface area contributed by atoms with E-state index < -0.39 is 10.0 Å². The molecule has 0 bridgehead atoms. The number of rotatable bonds is 6. The summed E-state index contributed by atoms with van der Waals surface area (Å²) in [5.74, 6) is -0.137. The minimum atomic E-state index is -3.57. The molecular weight excluding hydrogens is 398 g/mol. The highest BCUT2D eigenvalue weighted by atomic mass is 32.2. The summed E-state index contributed by atoms with van der Waals surface area (Å²) in [6.45, 7) is 5.23. The van der Waals surface area contributed by atoms with E-state index in [1.54, 1.807) is 13.0 Å². The van der Waals surface area contributed by atoms with Gasteiger partial charge in [-0.15, -0.1) is 0 Å². The molecule has 1 unspecified atom stereocenters. The molecule has 2 aromatic rings. The van der Waals surface area contributed by atoms with Gasteiger partial charge in [0, 0.05) is 25.0 Å². The number of thioether (sulfide) groups is 1. The van der Waals surface area contributed by atoms with Crippen LogP contribution in [0.5, 0.6) is 0 Å². The first kappa shape index (κ1) is 20.8. The second kappa shape index (κ2) is 9.04. The van der Waals surface area contributed by atoms with Crippen molar-refractivity contribution in [3.05, 3.63) is 48.2 Å². The van der Waals surface area contributed by atoms with Crippen LogP contribution in [0.4, 0.5) is 5.69 Å². The van der Waals surface area contributed by atoms with E-state index in [4.69, 9.17) is 4.74 Å². The molecule has 1 aliphatic rings. The molecule has 1 atom stereocenters. The molecule has 1 aromatic heterocycles. The zero-order valence-corrected chi connectivity index (χ0v) is 17.4. The van der Waals surface area contributed by atoms with Crippen molar-refractivity contribution in [3.8, 4) is 0 Å². The molecule has 28 heavy (non-hydrogen) atoms. The van der Waals surface area contributed by atoms with E-state index in [-0.39, 0.29) is 16.1 Å². The molecule has 7 nitrogen and oxygen atoms in total. The van der Waals surface area contributed by atoms with Gasteiger partial charge in [-0.2, -0.15) is 4.31 Å². The number of aromatic nitrogens is 1. The third-order valence-corrected chi connectivity index (χ3v) is 7.20. The lowest BCUT2D eigenvalue weighted by Crippen LogP contribution is -2.40. The SMILES string of the molecule is Cc1cccc(NC(=O)C(C)Sc2ccc(S(=O)(=O)N3CCOCC3)cn2)c1. The highest BCUT2D eigenvalue weighted by Gasteiger charge is 2.26. The molecule has 1 fully saturated rings. The fourth-order valence-corrected chi connectivity index (χ4v) is 4.87. The van der Waals surface area contributed by atoms with Crippen LogP contribution in [0.25, 0.3) is 0 Å². The Kier molecular flexibility index (Phi) is 6.71. The standard InChI is InChI=1S/C19H23N3O4S2/c1-14-4-3-5-16(12-14)21-19(23)15(2)27-18-7-6-17(13-20-18)28(24,25)22-8-10-26-11-9-22/h3-7,12-13,15H,8-11H2,1-2H3,(H,21,23). The number of carbonyl (C=O) groups excluding carboxylic acids is 1. The molecule has 0 spiro atoms. The molecule has 1 aliphatic heterocycles. The zero-order valence-electron chi connectivity index (χ0n) is 15.8. The first-order valence-corrected chi connectivity index (χ1v) is 11.3. The van der Waals surface area contributed by atoms with Crippen molar-refractivity contribution in [2.75, 3.05) is 31.6 Å². The normalized spacial score (nSPS) is 16.5. The van der Waals surface area contributed by atoms with Crippen molar-refractivity contribution >= 4 is 33.4 Å². The van der Waals surface area contributed by atoms with E-state index in [1.807, 2.05) is 31.2 Å². The minimum Gasteiger partial charge on any atom is -0.379 e. The summed E-state index contributed by atoms with van der Waals surface area (Å²) in [7, 11) is -3.57. The molecular formula is C19H23N3O4S2. The van der Waals surface area contributed by atoms with Crippen molar-refractivity contribution < 1.29 is 17.9 Å². The molecule has 150 valence electrons. The third-order valence-electron chi connectivity index (χ3n) is 4.27. The number of hydrogen-bond acceptors (Lipinski definition) is 6. The predicted molar refractivity (Wildman–Crippen MR) is 109 cm³/mol. The van der Waals surface area contributed by atoms with Crippen molar-refractivity contribution in [3.63, 3.8) is 0 Å². The Morgan fingerprint density at radius 1 is 1.25 bits per heavy atom. The molecule has 1 aromatic carbocycles. The summed E-state index contributed by atoms with van der Waals surface area (Å²) >= 11 is 1.28. The number of nitrogens with one attached hydrogen (secondary N) is 1. The summed E-state index contributed by atoms with van der Waals surface area (Å²) in [5.41, 5.74) is 1.81. The monoisotopic (exact) mass is 421 g/mol. The van der Waals surface area contributed by atoms with Gasteiger partial charge in [-0.25, -0.2) is 13.4 Å². The van der Waals surface area contributed by atoms with Gasteiger partial charge >= 0.3 is 0 Å². The van der Waals surface area contributed by atoms with Crippen LogP contribution in [-0.4, -0.2) is 55.2 Å². The highest BCUT2D eigenvalue weighted by molar-refractivity contribution is 8.00. The number of carbonyl (C=O) groups is 1. The summed E-state index contributed by atoms with van der Waals surface area (Å²) in [6.07, 6.45) is 1.35. The van der Waals surface area contributed by atoms with Crippen LogP contribution < -0.4 is 5.32 Å². The Morgan fingerprint density at radius 2 is 2.00 bits per heavy atom. The van der Waals surface area contributed by atoms with Crippen molar-refractivity contribution in [2.24, 2.45) is 0 Å². The molecule has 0 aliphatic carbocycles. The number of pyridine rings is 1.